The van der Waals surface area contributed by atoms with Crippen LogP contribution in [0.3, 0.4) is 0 Å². The highest BCUT2D eigenvalue weighted by atomic mass is 35.5. The second-order valence-corrected chi connectivity index (χ2v) is 7.74. The Labute approximate surface area is 196 Å². The number of para-hydroxylation sites is 1. The van der Waals surface area contributed by atoms with E-state index < -0.39 is 0 Å². The predicted molar refractivity (Wildman–Crippen MR) is 128 cm³/mol. The molecular formula is C24H21Cl2N3O3. The Bertz CT molecular complexity index is 1260. The molecule has 8 heteroatoms. The summed E-state index contributed by atoms with van der Waals surface area (Å²) in [5.74, 6) is 2.80. The van der Waals surface area contributed by atoms with E-state index in [0.29, 0.717) is 45.5 Å². The molecule has 0 fully saturated rings. The summed E-state index contributed by atoms with van der Waals surface area (Å²) < 4.78 is 16.4. The first-order chi connectivity index (χ1) is 15.5. The van der Waals surface area contributed by atoms with Crippen molar-refractivity contribution in [2.24, 2.45) is 0 Å². The van der Waals surface area contributed by atoms with Crippen LogP contribution >= 0.6 is 23.2 Å². The van der Waals surface area contributed by atoms with Crippen molar-refractivity contribution < 1.29 is 14.2 Å². The normalized spacial score (nSPS) is 10.8. The number of ether oxygens (including phenoxy) is 3. The summed E-state index contributed by atoms with van der Waals surface area (Å²) in [7, 11) is 4.72. The molecule has 0 atom stereocenters. The zero-order valence-electron chi connectivity index (χ0n) is 17.8. The van der Waals surface area contributed by atoms with Crippen molar-refractivity contribution in [3.8, 4) is 28.6 Å². The van der Waals surface area contributed by atoms with Crippen molar-refractivity contribution in [3.05, 3.63) is 70.2 Å². The average molecular weight is 470 g/mol. The number of nitrogens with one attached hydrogen (secondary N) is 1. The fourth-order valence-electron chi connectivity index (χ4n) is 3.39. The van der Waals surface area contributed by atoms with E-state index in [1.807, 2.05) is 48.5 Å². The molecule has 0 saturated heterocycles. The van der Waals surface area contributed by atoms with Gasteiger partial charge in [-0.2, -0.15) is 0 Å². The van der Waals surface area contributed by atoms with Gasteiger partial charge >= 0.3 is 0 Å². The summed E-state index contributed by atoms with van der Waals surface area (Å²) in [6.07, 6.45) is 0. The van der Waals surface area contributed by atoms with E-state index in [1.165, 1.54) is 0 Å². The number of nitrogens with zero attached hydrogens (tertiary/aromatic N) is 2. The van der Waals surface area contributed by atoms with Crippen LogP contribution in [0.2, 0.25) is 10.0 Å². The van der Waals surface area contributed by atoms with Crippen LogP contribution in [0.4, 0.5) is 5.82 Å². The lowest BCUT2D eigenvalue weighted by molar-refractivity contribution is 0.324. The van der Waals surface area contributed by atoms with Gasteiger partial charge in [0, 0.05) is 17.5 Å². The fourth-order valence-corrected chi connectivity index (χ4v) is 3.71. The second-order valence-electron chi connectivity index (χ2n) is 6.93. The van der Waals surface area contributed by atoms with Crippen molar-refractivity contribution in [1.29, 1.82) is 0 Å². The van der Waals surface area contributed by atoms with Gasteiger partial charge in [-0.15, -0.1) is 0 Å². The first kappa shape index (κ1) is 22.0. The quantitative estimate of drug-likeness (QED) is 0.345. The van der Waals surface area contributed by atoms with Crippen molar-refractivity contribution in [2.75, 3.05) is 26.6 Å². The van der Waals surface area contributed by atoms with Crippen LogP contribution in [-0.4, -0.2) is 31.3 Å². The van der Waals surface area contributed by atoms with E-state index in [9.17, 15) is 0 Å². The van der Waals surface area contributed by atoms with Gasteiger partial charge in [0.05, 0.1) is 36.9 Å². The van der Waals surface area contributed by atoms with Gasteiger partial charge in [-0.1, -0.05) is 41.4 Å². The summed E-state index contributed by atoms with van der Waals surface area (Å²) in [5, 5.41) is 5.34. The molecule has 1 heterocycles. The molecule has 3 aromatic carbocycles. The van der Waals surface area contributed by atoms with E-state index in [4.69, 9.17) is 47.4 Å². The Morgan fingerprint density at radius 3 is 2.19 bits per heavy atom. The third-order valence-electron chi connectivity index (χ3n) is 4.97. The molecule has 1 N–H and O–H groups in total. The van der Waals surface area contributed by atoms with Crippen molar-refractivity contribution in [3.63, 3.8) is 0 Å². The van der Waals surface area contributed by atoms with Crippen LogP contribution in [0.5, 0.6) is 17.2 Å². The minimum Gasteiger partial charge on any atom is -0.493 e. The van der Waals surface area contributed by atoms with E-state index in [1.54, 1.807) is 27.4 Å². The molecule has 0 saturated carbocycles. The summed E-state index contributed by atoms with van der Waals surface area (Å²) in [6, 6.07) is 17.0. The Morgan fingerprint density at radius 1 is 0.812 bits per heavy atom. The topological polar surface area (TPSA) is 65.5 Å². The zero-order valence-corrected chi connectivity index (χ0v) is 19.3. The van der Waals surface area contributed by atoms with Crippen LogP contribution in [0.15, 0.2) is 54.6 Å². The molecule has 4 rings (SSSR count). The Balaban J connectivity index is 1.78. The number of hydrogen-bond donors (Lipinski definition) is 1. The number of halogens is 2. The number of hydrogen-bond acceptors (Lipinski definition) is 6. The molecule has 0 aliphatic heterocycles. The van der Waals surface area contributed by atoms with Crippen LogP contribution in [0.25, 0.3) is 22.3 Å². The molecule has 1 aromatic heterocycles. The van der Waals surface area contributed by atoms with Gasteiger partial charge in [0.15, 0.2) is 17.3 Å². The van der Waals surface area contributed by atoms with Gasteiger partial charge in [-0.05, 0) is 42.0 Å². The van der Waals surface area contributed by atoms with Crippen molar-refractivity contribution in [1.82, 2.24) is 9.97 Å². The monoisotopic (exact) mass is 469 g/mol. The molecule has 32 heavy (non-hydrogen) atoms. The lowest BCUT2D eigenvalue weighted by Gasteiger charge is -2.15. The SMILES string of the molecule is COc1cc(-c2nc(NCc3ccc(Cl)c(Cl)c3)c3ccccc3n2)cc(OC)c1OC. The Hall–Kier alpha value is -3.22. The van der Waals surface area contributed by atoms with E-state index in [2.05, 4.69) is 5.32 Å². The van der Waals surface area contributed by atoms with Crippen LogP contribution in [-0.2, 0) is 6.54 Å². The fraction of sp³-hybridized carbons (Fsp3) is 0.167. The predicted octanol–water partition coefficient (Wildman–Crippen LogP) is 6.24. The first-order valence-electron chi connectivity index (χ1n) is 9.79. The molecule has 0 amide bonds. The number of methoxy groups -OCH3 is 3. The maximum Gasteiger partial charge on any atom is 0.203 e. The van der Waals surface area contributed by atoms with Gasteiger partial charge in [0.2, 0.25) is 5.75 Å². The van der Waals surface area contributed by atoms with Gasteiger partial charge in [-0.3, -0.25) is 0 Å². The minimum absolute atomic E-state index is 0.511. The molecular weight excluding hydrogens is 449 g/mol. The highest BCUT2D eigenvalue weighted by Crippen LogP contribution is 2.41. The standard InChI is InChI=1S/C24H21Cl2N3O3/c1-30-20-11-15(12-21(31-2)22(20)32-3)23-28-19-7-5-4-6-16(19)24(29-23)27-13-14-8-9-17(25)18(26)10-14/h4-12H,13H2,1-3H3,(H,27,28,29). The number of fused-ring (bicyclic) bond motifs is 1. The number of anilines is 1. The molecule has 0 aliphatic rings. The maximum absolute atomic E-state index is 6.16. The van der Waals surface area contributed by atoms with Gasteiger partial charge in [0.25, 0.3) is 0 Å². The van der Waals surface area contributed by atoms with Crippen LogP contribution in [0, 0.1) is 0 Å². The third-order valence-corrected chi connectivity index (χ3v) is 5.71. The van der Waals surface area contributed by atoms with Crippen LogP contribution in [0.1, 0.15) is 5.56 Å². The lowest BCUT2D eigenvalue weighted by Crippen LogP contribution is -2.05. The van der Waals surface area contributed by atoms with E-state index in [0.717, 1.165) is 22.0 Å². The van der Waals surface area contributed by atoms with Gasteiger partial charge in [-0.25, -0.2) is 9.97 Å². The zero-order chi connectivity index (χ0) is 22.7. The molecule has 164 valence electrons. The molecule has 0 unspecified atom stereocenters. The van der Waals surface area contributed by atoms with Gasteiger partial charge < -0.3 is 19.5 Å². The minimum atomic E-state index is 0.511. The number of aromatic nitrogens is 2. The maximum atomic E-state index is 6.16. The highest BCUT2D eigenvalue weighted by molar-refractivity contribution is 6.42. The molecule has 6 nitrogen and oxygen atoms in total. The van der Waals surface area contributed by atoms with E-state index in [-0.39, 0.29) is 0 Å². The molecule has 0 radical (unpaired) electrons. The smallest absolute Gasteiger partial charge is 0.203 e. The third kappa shape index (κ3) is 4.38. The van der Waals surface area contributed by atoms with Crippen molar-refractivity contribution >= 4 is 39.9 Å². The average Bonchev–Trinajstić information content (AvgIpc) is 2.83. The summed E-state index contributed by atoms with van der Waals surface area (Å²) in [4.78, 5) is 9.55. The summed E-state index contributed by atoms with van der Waals surface area (Å²) in [5.41, 5.74) is 2.53. The number of rotatable bonds is 7. The largest absolute Gasteiger partial charge is 0.493 e. The van der Waals surface area contributed by atoms with Gasteiger partial charge in [0.1, 0.15) is 5.82 Å². The molecule has 4 aromatic rings. The van der Waals surface area contributed by atoms with Crippen molar-refractivity contribution in [2.45, 2.75) is 6.54 Å². The summed E-state index contributed by atoms with van der Waals surface area (Å²) >= 11 is 12.2. The lowest BCUT2D eigenvalue weighted by atomic mass is 10.1. The molecule has 0 aliphatic carbocycles. The summed E-state index contributed by atoms with van der Waals surface area (Å²) in [6.45, 7) is 0.520. The second kappa shape index (κ2) is 9.51. The Morgan fingerprint density at radius 2 is 1.53 bits per heavy atom. The Kier molecular flexibility index (Phi) is 6.53. The molecule has 0 spiro atoms. The number of benzene rings is 3. The molecule has 0 bridgehead atoms. The first-order valence-corrected chi connectivity index (χ1v) is 10.5. The van der Waals surface area contributed by atoms with E-state index >= 15 is 0 Å². The van der Waals surface area contributed by atoms with Crippen LogP contribution < -0.4 is 19.5 Å². The highest BCUT2D eigenvalue weighted by Gasteiger charge is 2.17.